The molecule has 4 nitrogen and oxygen atoms in total. The molecule has 2 aromatic carbocycles. The fourth-order valence-electron chi connectivity index (χ4n) is 3.19. The van der Waals surface area contributed by atoms with Crippen LogP contribution in [0.5, 0.6) is 5.75 Å². The number of benzene rings is 2. The molecule has 1 fully saturated rings. The van der Waals surface area contributed by atoms with E-state index < -0.39 is 0 Å². The van der Waals surface area contributed by atoms with Crippen molar-refractivity contribution in [3.05, 3.63) is 76.8 Å². The number of hydrazone groups is 1. The predicted octanol–water partition coefficient (Wildman–Crippen LogP) is 2.51. The second kappa shape index (κ2) is 8.88. The Hall–Kier alpha value is -2.30. The Kier molecular flexibility index (Phi) is 6.31. The van der Waals surface area contributed by atoms with E-state index in [0.29, 0.717) is 12.2 Å². The van der Waals surface area contributed by atoms with Crippen LogP contribution in [-0.4, -0.2) is 42.5 Å². The molecule has 1 aliphatic rings. The summed E-state index contributed by atoms with van der Waals surface area (Å²) in [5.41, 5.74) is 2.82. The molecule has 1 heterocycles. The minimum Gasteiger partial charge on any atom is -0.507 e. The van der Waals surface area contributed by atoms with Crippen molar-refractivity contribution in [2.45, 2.75) is 13.0 Å². The molecular formula is C21H25ClN3O+. The van der Waals surface area contributed by atoms with Crippen LogP contribution < -0.4 is 4.90 Å². The standard InChI is InChI=1S/C21H24ClN3O/c1-2-6-17-8-5-9-18(21(17)26)15-23-25-13-11-24(12-14-25)16-19-7-3-4-10-20(19)22/h2-5,7-10,15,26H,1,6,11-14,16H2/p+1. The monoisotopic (exact) mass is 370 g/mol. The zero-order valence-corrected chi connectivity index (χ0v) is 15.6. The molecule has 0 aliphatic carbocycles. The lowest BCUT2D eigenvalue weighted by Crippen LogP contribution is -3.13. The van der Waals surface area contributed by atoms with Gasteiger partial charge in [-0.25, -0.2) is 0 Å². The highest BCUT2D eigenvalue weighted by atomic mass is 35.5. The van der Waals surface area contributed by atoms with Crippen molar-refractivity contribution >= 4 is 17.8 Å². The molecule has 136 valence electrons. The molecule has 1 saturated heterocycles. The molecule has 0 atom stereocenters. The van der Waals surface area contributed by atoms with Crippen molar-refractivity contribution in [2.24, 2.45) is 5.10 Å². The molecule has 1 aliphatic heterocycles. The Morgan fingerprint density at radius 1 is 1.12 bits per heavy atom. The third-order valence-electron chi connectivity index (χ3n) is 4.72. The van der Waals surface area contributed by atoms with E-state index in [1.54, 1.807) is 12.3 Å². The van der Waals surface area contributed by atoms with Gasteiger partial charge in [-0.2, -0.15) is 5.10 Å². The smallest absolute Gasteiger partial charge is 0.127 e. The van der Waals surface area contributed by atoms with E-state index >= 15 is 0 Å². The Morgan fingerprint density at radius 3 is 2.58 bits per heavy atom. The highest BCUT2D eigenvalue weighted by Crippen LogP contribution is 2.21. The van der Waals surface area contributed by atoms with Crippen molar-refractivity contribution in [2.75, 3.05) is 26.2 Å². The number of para-hydroxylation sites is 1. The quantitative estimate of drug-likeness (QED) is 0.606. The molecule has 0 spiro atoms. The zero-order valence-electron chi connectivity index (χ0n) is 14.9. The third kappa shape index (κ3) is 4.65. The average molecular weight is 371 g/mol. The van der Waals surface area contributed by atoms with Crippen LogP contribution in [0, 0.1) is 0 Å². The number of nitrogens with one attached hydrogen (secondary N) is 1. The van der Waals surface area contributed by atoms with Gasteiger partial charge in [0.05, 0.1) is 32.4 Å². The van der Waals surface area contributed by atoms with Crippen LogP contribution in [0.15, 0.2) is 60.2 Å². The Labute approximate surface area is 160 Å². The Bertz CT molecular complexity index is 783. The van der Waals surface area contributed by atoms with Crippen molar-refractivity contribution in [3.8, 4) is 5.75 Å². The van der Waals surface area contributed by atoms with Crippen LogP contribution in [-0.2, 0) is 13.0 Å². The lowest BCUT2D eigenvalue weighted by atomic mass is 10.1. The average Bonchev–Trinajstić information content (AvgIpc) is 2.66. The van der Waals surface area contributed by atoms with Crippen molar-refractivity contribution in [3.63, 3.8) is 0 Å². The van der Waals surface area contributed by atoms with Crippen molar-refractivity contribution in [1.29, 1.82) is 0 Å². The molecule has 0 radical (unpaired) electrons. The summed E-state index contributed by atoms with van der Waals surface area (Å²) in [4.78, 5) is 1.51. The summed E-state index contributed by atoms with van der Waals surface area (Å²) < 4.78 is 0. The Morgan fingerprint density at radius 2 is 1.85 bits per heavy atom. The molecule has 0 bridgehead atoms. The number of nitrogens with zero attached hydrogens (tertiary/aromatic N) is 2. The normalized spacial score (nSPS) is 15.5. The highest BCUT2D eigenvalue weighted by Gasteiger charge is 2.19. The second-order valence-corrected chi connectivity index (χ2v) is 6.97. The van der Waals surface area contributed by atoms with Crippen molar-refractivity contribution in [1.82, 2.24) is 5.01 Å². The van der Waals surface area contributed by atoms with Crippen LogP contribution in [0.2, 0.25) is 5.02 Å². The molecule has 0 saturated carbocycles. The fourth-order valence-corrected chi connectivity index (χ4v) is 3.40. The summed E-state index contributed by atoms with van der Waals surface area (Å²) in [5.74, 6) is 0.291. The first-order valence-corrected chi connectivity index (χ1v) is 9.33. The number of quaternary nitrogens is 1. The van der Waals surface area contributed by atoms with Gasteiger partial charge in [-0.1, -0.05) is 48.0 Å². The lowest BCUT2D eigenvalue weighted by Gasteiger charge is -2.30. The van der Waals surface area contributed by atoms with Gasteiger partial charge in [0.25, 0.3) is 0 Å². The number of hydrogen-bond donors (Lipinski definition) is 2. The van der Waals surface area contributed by atoms with E-state index in [9.17, 15) is 5.11 Å². The molecule has 0 amide bonds. The number of aromatic hydroxyl groups is 1. The van der Waals surface area contributed by atoms with E-state index in [1.807, 2.05) is 36.4 Å². The largest absolute Gasteiger partial charge is 0.507 e. The third-order valence-corrected chi connectivity index (χ3v) is 5.09. The highest BCUT2D eigenvalue weighted by molar-refractivity contribution is 6.31. The number of phenols is 1. The second-order valence-electron chi connectivity index (χ2n) is 6.56. The maximum Gasteiger partial charge on any atom is 0.127 e. The topological polar surface area (TPSA) is 40.3 Å². The minimum absolute atomic E-state index is 0.291. The summed E-state index contributed by atoms with van der Waals surface area (Å²) in [5, 5.41) is 17.8. The summed E-state index contributed by atoms with van der Waals surface area (Å²) in [6.07, 6.45) is 4.19. The first kappa shape index (κ1) is 18.5. The predicted molar refractivity (Wildman–Crippen MR) is 107 cm³/mol. The fraction of sp³-hybridized carbons (Fsp3) is 0.286. The molecule has 3 rings (SSSR count). The molecule has 2 N–H and O–H groups in total. The SMILES string of the molecule is C=CCc1cccc(C=NN2CC[NH+](Cc3ccccc3Cl)CC2)c1O. The zero-order chi connectivity index (χ0) is 18.4. The lowest BCUT2D eigenvalue weighted by molar-refractivity contribution is -0.918. The van der Waals surface area contributed by atoms with Crippen LogP contribution in [0.25, 0.3) is 0 Å². The van der Waals surface area contributed by atoms with Gasteiger partial charge in [-0.3, -0.25) is 5.01 Å². The van der Waals surface area contributed by atoms with E-state index in [-0.39, 0.29) is 0 Å². The summed E-state index contributed by atoms with van der Waals surface area (Å²) in [6.45, 7) is 8.49. The van der Waals surface area contributed by atoms with E-state index in [1.165, 1.54) is 10.5 Å². The summed E-state index contributed by atoms with van der Waals surface area (Å²) in [7, 11) is 0. The number of allylic oxidation sites excluding steroid dienone is 1. The van der Waals surface area contributed by atoms with Gasteiger partial charge in [-0.05, 0) is 24.1 Å². The van der Waals surface area contributed by atoms with Gasteiger partial charge in [0.1, 0.15) is 12.3 Å². The van der Waals surface area contributed by atoms with Crippen molar-refractivity contribution < 1.29 is 10.0 Å². The first-order chi connectivity index (χ1) is 12.7. The van der Waals surface area contributed by atoms with Crippen LogP contribution >= 0.6 is 11.6 Å². The number of halogens is 1. The maximum atomic E-state index is 10.3. The summed E-state index contributed by atoms with van der Waals surface area (Å²) in [6, 6.07) is 13.8. The van der Waals surface area contributed by atoms with Crippen LogP contribution in [0.1, 0.15) is 16.7 Å². The van der Waals surface area contributed by atoms with Gasteiger partial charge in [0, 0.05) is 16.1 Å². The summed E-state index contributed by atoms with van der Waals surface area (Å²) >= 11 is 6.26. The maximum absolute atomic E-state index is 10.3. The van der Waals surface area contributed by atoms with Gasteiger partial charge in [-0.15, -0.1) is 6.58 Å². The molecular weight excluding hydrogens is 346 g/mol. The molecule has 2 aromatic rings. The van der Waals surface area contributed by atoms with Crippen LogP contribution in [0.4, 0.5) is 0 Å². The number of hydrogen-bond acceptors (Lipinski definition) is 3. The number of phenolic OH excluding ortho intramolecular Hbond substituents is 1. The molecule has 26 heavy (non-hydrogen) atoms. The van der Waals surface area contributed by atoms with Gasteiger partial charge >= 0.3 is 0 Å². The molecule has 0 unspecified atom stereocenters. The first-order valence-electron chi connectivity index (χ1n) is 8.95. The molecule has 5 heteroatoms. The van der Waals surface area contributed by atoms with Crippen LogP contribution in [0.3, 0.4) is 0 Å². The molecule has 0 aromatic heterocycles. The van der Waals surface area contributed by atoms with E-state index in [0.717, 1.165) is 48.9 Å². The van der Waals surface area contributed by atoms with Gasteiger partial charge < -0.3 is 10.0 Å². The van der Waals surface area contributed by atoms with E-state index in [2.05, 4.69) is 22.8 Å². The van der Waals surface area contributed by atoms with Gasteiger partial charge in [0.15, 0.2) is 0 Å². The minimum atomic E-state index is 0.291. The number of piperazine rings is 1. The number of rotatable bonds is 6. The van der Waals surface area contributed by atoms with E-state index in [4.69, 9.17) is 11.6 Å². The van der Waals surface area contributed by atoms with Gasteiger partial charge in [0.2, 0.25) is 0 Å². The Balaban J connectivity index is 1.56.